The van der Waals surface area contributed by atoms with Crippen LogP contribution in [0.1, 0.15) is 56.4 Å². The second kappa shape index (κ2) is 11.7. The number of aromatic hydroxyl groups is 1. The van der Waals surface area contributed by atoms with Gasteiger partial charge < -0.3 is 9.84 Å². The molecular weight excluding hydrogens is 766 g/mol. The summed E-state index contributed by atoms with van der Waals surface area (Å²) < 4.78 is 79.0. The number of rotatable bonds is 4. The Labute approximate surface area is 294 Å². The van der Waals surface area contributed by atoms with E-state index in [0.29, 0.717) is 12.8 Å². The smallest absolute Gasteiger partial charge is 0.258 e. The van der Waals surface area contributed by atoms with Crippen molar-refractivity contribution in [2.45, 2.75) is 66.7 Å². The van der Waals surface area contributed by atoms with E-state index >= 15 is 8.78 Å². The van der Waals surface area contributed by atoms with Gasteiger partial charge in [-0.3, -0.25) is 24.1 Å². The van der Waals surface area contributed by atoms with Crippen molar-refractivity contribution in [1.82, 2.24) is 4.90 Å². The quantitative estimate of drug-likeness (QED) is 0.0918. The van der Waals surface area contributed by atoms with Crippen LogP contribution in [0.15, 0.2) is 28.3 Å². The summed E-state index contributed by atoms with van der Waals surface area (Å²) in [4.78, 5) is 52.3. The lowest BCUT2D eigenvalue weighted by Gasteiger charge is -2.50. The van der Waals surface area contributed by atoms with E-state index in [1.54, 1.807) is 6.08 Å². The lowest BCUT2D eigenvalue weighted by molar-refractivity contribution is -0.143. The van der Waals surface area contributed by atoms with Crippen molar-refractivity contribution in [1.29, 1.82) is 0 Å². The number of hydrogen-bond acceptors (Lipinski definition) is 6. The maximum absolute atomic E-state index is 15.2. The molecule has 2 aliphatic heterocycles. The van der Waals surface area contributed by atoms with Crippen LogP contribution in [0.5, 0.6) is 11.5 Å². The zero-order valence-corrected chi connectivity index (χ0v) is 28.6. The number of allylic oxidation sites excluding steroid dienone is 2. The minimum atomic E-state index is -2.76. The zero-order valence-electron chi connectivity index (χ0n) is 25.5. The van der Waals surface area contributed by atoms with Crippen molar-refractivity contribution < 1.29 is 51.0 Å². The van der Waals surface area contributed by atoms with E-state index in [9.17, 15) is 37.5 Å². The first-order chi connectivity index (χ1) is 23.1. The number of nitrogens with zero attached hydrogens (tertiary/aromatic N) is 2. The molecule has 7 rings (SSSR count). The highest BCUT2D eigenvalue weighted by molar-refractivity contribution is 9.10. The summed E-state index contributed by atoms with van der Waals surface area (Å²) in [6, 6.07) is 2.38. The van der Waals surface area contributed by atoms with Gasteiger partial charge in [0.2, 0.25) is 17.6 Å². The van der Waals surface area contributed by atoms with Crippen LogP contribution in [0.25, 0.3) is 0 Å². The molecule has 2 aromatic rings. The van der Waals surface area contributed by atoms with Gasteiger partial charge in [-0.05, 0) is 43.7 Å². The van der Waals surface area contributed by atoms with E-state index < -0.39 is 104 Å². The lowest BCUT2D eigenvalue weighted by atomic mass is 9.56. The highest BCUT2D eigenvalue weighted by Gasteiger charge is 2.77. The molecule has 3 aliphatic carbocycles. The Morgan fingerprint density at radius 1 is 0.878 bits per heavy atom. The van der Waals surface area contributed by atoms with Gasteiger partial charge in [0.05, 0.1) is 18.9 Å². The van der Waals surface area contributed by atoms with Gasteiger partial charge in [-0.15, -0.1) is 23.2 Å². The van der Waals surface area contributed by atoms with E-state index in [0.717, 1.165) is 19.3 Å². The summed E-state index contributed by atoms with van der Waals surface area (Å²) in [6.45, 7) is 0. The maximum Gasteiger partial charge on any atom is 0.258 e. The molecule has 8 nitrogen and oxygen atoms in total. The number of ether oxygens (including phenoxy) is 1. The third-order valence-electron chi connectivity index (χ3n) is 10.8. The second-order valence-corrected chi connectivity index (χ2v) is 15.2. The number of phenolic OH excluding ortho intramolecular Hbond substituents is 1. The van der Waals surface area contributed by atoms with Crippen molar-refractivity contribution in [2.24, 2.45) is 17.8 Å². The van der Waals surface area contributed by atoms with Gasteiger partial charge in [0, 0.05) is 22.0 Å². The molecule has 260 valence electrons. The number of hydrogen-bond donors (Lipinski definition) is 1. The summed E-state index contributed by atoms with van der Waals surface area (Å²) in [5.74, 6) is -21.8. The number of fused-ring (bicyclic) bond motifs is 4. The molecule has 0 aromatic heterocycles. The molecule has 4 amide bonds. The Hall–Kier alpha value is -3.23. The van der Waals surface area contributed by atoms with E-state index in [-0.39, 0.29) is 38.7 Å². The van der Waals surface area contributed by atoms with Crippen molar-refractivity contribution in [2.75, 3.05) is 12.0 Å². The van der Waals surface area contributed by atoms with Crippen LogP contribution in [-0.2, 0) is 19.2 Å². The topological polar surface area (TPSA) is 104 Å². The highest BCUT2D eigenvalue weighted by Crippen LogP contribution is 2.67. The summed E-state index contributed by atoms with van der Waals surface area (Å²) in [5.41, 5.74) is -1.79. The highest BCUT2D eigenvalue weighted by atomic mass is 79.9. The minimum absolute atomic E-state index is 0.0123. The number of anilines is 1. The number of halogens is 8. The summed E-state index contributed by atoms with van der Waals surface area (Å²) >= 11 is 17.6. The summed E-state index contributed by atoms with van der Waals surface area (Å²) in [5, 5.41) is 11.4. The molecule has 0 unspecified atom stereocenters. The van der Waals surface area contributed by atoms with Crippen molar-refractivity contribution in [3.63, 3.8) is 0 Å². The molecule has 2 saturated heterocycles. The fraction of sp³-hybridized carbons (Fsp3) is 0.455. The van der Waals surface area contributed by atoms with E-state index in [2.05, 4.69) is 15.9 Å². The minimum Gasteiger partial charge on any atom is -0.504 e. The molecule has 1 N–H and O–H groups in total. The largest absolute Gasteiger partial charge is 0.504 e. The van der Waals surface area contributed by atoms with E-state index in [1.165, 1.54) is 24.1 Å². The number of alkyl halides is 2. The first kappa shape index (κ1) is 34.2. The number of imide groups is 2. The Bertz CT molecular complexity index is 1880. The third-order valence-corrected chi connectivity index (χ3v) is 12.7. The summed E-state index contributed by atoms with van der Waals surface area (Å²) in [7, 11) is 1.24. The van der Waals surface area contributed by atoms with Gasteiger partial charge >= 0.3 is 0 Å². The molecule has 6 atom stereocenters. The van der Waals surface area contributed by atoms with Crippen molar-refractivity contribution >= 4 is 68.4 Å². The number of carbonyl (C=O) groups is 4. The average Bonchev–Trinajstić information content (AvgIpc) is 3.42. The first-order valence-electron chi connectivity index (χ1n) is 15.5. The Morgan fingerprint density at radius 2 is 1.49 bits per heavy atom. The molecule has 2 heterocycles. The maximum atomic E-state index is 15.2. The molecule has 0 bridgehead atoms. The molecule has 0 spiro atoms. The molecule has 5 aliphatic rings. The number of likely N-dealkylation sites (tertiary alicyclic amines) is 1. The molecule has 4 fully saturated rings. The normalized spacial score (nSPS) is 31.6. The van der Waals surface area contributed by atoms with Crippen LogP contribution < -0.4 is 9.64 Å². The Morgan fingerprint density at radius 3 is 2.10 bits per heavy atom. The van der Waals surface area contributed by atoms with Crippen LogP contribution >= 0.6 is 39.1 Å². The number of amides is 4. The van der Waals surface area contributed by atoms with Crippen LogP contribution in [0.3, 0.4) is 0 Å². The standard InChI is InChI=1S/C33H26BrCl2F5N2O6/c1-49-18-10-12(34)9-16(27(18)44)20-14-7-8-15-19(29(46)42(28(15)45)13-5-3-2-4-6-13)17(14)11-32(35)30(47)43(31(48)33(20,32)36)26-24(40)22(38)21(37)23(39)25(26)41/h7,9-10,13,15,17,19-20,44H,2-6,8,11H2,1H3/t15-,17+,19-,20+,32+,33-/m0/s1. The molecule has 49 heavy (non-hydrogen) atoms. The van der Waals surface area contributed by atoms with Gasteiger partial charge in [0.15, 0.2) is 44.5 Å². The predicted molar refractivity (Wildman–Crippen MR) is 168 cm³/mol. The van der Waals surface area contributed by atoms with Gasteiger partial charge in [-0.25, -0.2) is 26.9 Å². The van der Waals surface area contributed by atoms with Crippen LogP contribution in [-0.4, -0.2) is 56.5 Å². The van der Waals surface area contributed by atoms with Gasteiger partial charge in [0.25, 0.3) is 11.8 Å². The van der Waals surface area contributed by atoms with Crippen molar-refractivity contribution in [3.8, 4) is 11.5 Å². The van der Waals surface area contributed by atoms with Crippen LogP contribution in [0, 0.1) is 46.8 Å². The molecule has 16 heteroatoms. The van der Waals surface area contributed by atoms with Crippen LogP contribution in [0.4, 0.5) is 27.6 Å². The monoisotopic (exact) mass is 790 g/mol. The second-order valence-electron chi connectivity index (χ2n) is 13.1. The number of benzene rings is 2. The number of carbonyl (C=O) groups excluding carboxylic acids is 4. The van der Waals surface area contributed by atoms with Crippen molar-refractivity contribution in [3.05, 3.63) is 62.9 Å². The predicted octanol–water partition coefficient (Wildman–Crippen LogP) is 6.75. The molecule has 2 saturated carbocycles. The first-order valence-corrected chi connectivity index (χ1v) is 17.1. The van der Waals surface area contributed by atoms with Gasteiger partial charge in [0.1, 0.15) is 5.69 Å². The van der Waals surface area contributed by atoms with E-state index in [1.807, 2.05) is 0 Å². The molecular formula is C33H26BrCl2F5N2O6. The third kappa shape index (κ3) is 4.44. The van der Waals surface area contributed by atoms with E-state index in [4.69, 9.17) is 27.9 Å². The van der Waals surface area contributed by atoms with Gasteiger partial charge in [-0.2, -0.15) is 0 Å². The Kier molecular flexibility index (Phi) is 8.14. The molecule has 2 aromatic carbocycles. The number of methoxy groups -OCH3 is 1. The average molecular weight is 792 g/mol. The van der Waals surface area contributed by atoms with Gasteiger partial charge in [-0.1, -0.05) is 46.8 Å². The fourth-order valence-corrected chi connectivity index (χ4v) is 9.99. The SMILES string of the molecule is COc1cc(Br)cc([C@H]2C3=CC[C@@H]4C(=O)N(C5CCCCC5)C(=O)[C@@H]4[C@@H]3C[C@@]3(Cl)C(=O)N(c4c(F)c(F)c(F)c(F)c4F)C(=O)[C@@]23Cl)c1O. The summed E-state index contributed by atoms with van der Waals surface area (Å²) in [6.07, 6.45) is 4.80. The number of phenols is 1. The zero-order chi connectivity index (χ0) is 35.5. The Balaban J connectivity index is 1.45. The lowest BCUT2D eigenvalue weighted by Crippen LogP contribution is -2.60. The fourth-order valence-electron chi connectivity index (χ4n) is 8.61. The van der Waals surface area contributed by atoms with Crippen LogP contribution in [0.2, 0.25) is 0 Å². The molecule has 0 radical (unpaired) electrons.